The Hall–Kier alpha value is -0.0500. The molecule has 1 aromatic rings. The zero-order chi connectivity index (χ0) is 13.7. The largest absolute Gasteiger partial charge is 0.310 e. The van der Waals surface area contributed by atoms with Gasteiger partial charge in [-0.1, -0.05) is 59.3 Å². The Kier molecular flexibility index (Phi) is 6.18. The number of rotatable bonds is 4. The van der Waals surface area contributed by atoms with Gasteiger partial charge in [0.1, 0.15) is 0 Å². The first kappa shape index (κ1) is 15.3. The van der Waals surface area contributed by atoms with Crippen LogP contribution in [0.1, 0.15) is 51.0 Å². The normalized spacial score (nSPS) is 19.1. The molecule has 0 amide bonds. The smallest absolute Gasteiger partial charge is 0.0462 e. The van der Waals surface area contributed by atoms with Crippen molar-refractivity contribution in [3.05, 3.63) is 33.3 Å². The molecular weight excluding hydrogens is 322 g/mol. The van der Waals surface area contributed by atoms with E-state index in [0.717, 1.165) is 22.0 Å². The van der Waals surface area contributed by atoms with Crippen molar-refractivity contribution < 1.29 is 0 Å². The molecule has 0 spiro atoms. The molecule has 1 nitrogen and oxygen atoms in total. The fourth-order valence-electron chi connectivity index (χ4n) is 2.91. The molecule has 0 aliphatic heterocycles. The highest BCUT2D eigenvalue weighted by molar-refractivity contribution is 9.10. The fraction of sp³-hybridized carbons (Fsp3) is 0.625. The van der Waals surface area contributed by atoms with Gasteiger partial charge in [-0.3, -0.25) is 0 Å². The van der Waals surface area contributed by atoms with Crippen molar-refractivity contribution in [3.63, 3.8) is 0 Å². The topological polar surface area (TPSA) is 12.0 Å². The van der Waals surface area contributed by atoms with Crippen molar-refractivity contribution in [2.24, 2.45) is 5.92 Å². The predicted octanol–water partition coefficient (Wildman–Crippen LogP) is 5.55. The van der Waals surface area contributed by atoms with E-state index >= 15 is 0 Å². The van der Waals surface area contributed by atoms with Crippen molar-refractivity contribution >= 4 is 27.5 Å². The van der Waals surface area contributed by atoms with Gasteiger partial charge in [-0.05, 0) is 43.4 Å². The van der Waals surface area contributed by atoms with E-state index in [4.69, 9.17) is 11.6 Å². The number of nitrogens with one attached hydrogen (secondary N) is 1. The predicted molar refractivity (Wildman–Crippen MR) is 86.6 cm³/mol. The number of halogens is 2. The summed E-state index contributed by atoms with van der Waals surface area (Å²) in [6.45, 7) is 3.19. The summed E-state index contributed by atoms with van der Waals surface area (Å²) in [4.78, 5) is 0. The minimum Gasteiger partial charge on any atom is -0.310 e. The van der Waals surface area contributed by atoms with Crippen LogP contribution in [0.15, 0.2) is 22.7 Å². The van der Waals surface area contributed by atoms with Crippen LogP contribution in [0.3, 0.4) is 0 Å². The molecular formula is C16H23BrClN. The zero-order valence-electron chi connectivity index (χ0n) is 11.6. The highest BCUT2D eigenvalue weighted by Crippen LogP contribution is 2.26. The summed E-state index contributed by atoms with van der Waals surface area (Å²) in [6.07, 6.45) is 8.39. The molecule has 1 atom stereocenters. The van der Waals surface area contributed by atoms with Crippen LogP contribution in [-0.4, -0.2) is 6.04 Å². The zero-order valence-corrected chi connectivity index (χ0v) is 13.9. The van der Waals surface area contributed by atoms with E-state index in [2.05, 4.69) is 40.3 Å². The maximum atomic E-state index is 6.25. The molecule has 1 aliphatic rings. The molecule has 1 aromatic carbocycles. The second-order valence-corrected chi connectivity index (χ2v) is 6.98. The van der Waals surface area contributed by atoms with Gasteiger partial charge in [-0.2, -0.15) is 0 Å². The summed E-state index contributed by atoms with van der Waals surface area (Å²) in [6, 6.07) is 6.70. The molecule has 106 valence electrons. The molecule has 0 bridgehead atoms. The first-order chi connectivity index (χ1) is 9.16. The summed E-state index contributed by atoms with van der Waals surface area (Å²) >= 11 is 9.70. The van der Waals surface area contributed by atoms with Gasteiger partial charge in [0.05, 0.1) is 0 Å². The summed E-state index contributed by atoms with van der Waals surface area (Å²) < 4.78 is 1.04. The van der Waals surface area contributed by atoms with Crippen LogP contribution in [0.25, 0.3) is 0 Å². The Labute approximate surface area is 130 Å². The van der Waals surface area contributed by atoms with Crippen molar-refractivity contribution in [1.29, 1.82) is 0 Å². The Morgan fingerprint density at radius 3 is 2.58 bits per heavy atom. The standard InChI is InChI=1S/C16H23BrClN/c1-12(13-6-4-2-3-5-7-13)19-11-14-8-9-15(17)10-16(14)18/h8-10,12-13,19H,2-7,11H2,1H3/t12-/m0/s1. The van der Waals surface area contributed by atoms with Crippen LogP contribution in [-0.2, 0) is 6.54 Å². The molecule has 1 fully saturated rings. The average Bonchev–Trinajstić information content (AvgIpc) is 2.66. The minimum absolute atomic E-state index is 0.581. The van der Waals surface area contributed by atoms with Gasteiger partial charge in [0, 0.05) is 22.1 Å². The molecule has 19 heavy (non-hydrogen) atoms. The average molecular weight is 345 g/mol. The molecule has 0 radical (unpaired) electrons. The Bertz CT molecular complexity index is 400. The minimum atomic E-state index is 0.581. The van der Waals surface area contributed by atoms with Gasteiger partial charge in [0.25, 0.3) is 0 Å². The van der Waals surface area contributed by atoms with Crippen LogP contribution in [0.4, 0.5) is 0 Å². The summed E-state index contributed by atoms with van der Waals surface area (Å²) in [5, 5.41) is 4.50. The van der Waals surface area contributed by atoms with E-state index in [1.807, 2.05) is 6.07 Å². The van der Waals surface area contributed by atoms with Crippen LogP contribution in [0, 0.1) is 5.92 Å². The summed E-state index contributed by atoms with van der Waals surface area (Å²) in [7, 11) is 0. The number of benzene rings is 1. The van der Waals surface area contributed by atoms with Crippen LogP contribution < -0.4 is 5.32 Å². The molecule has 2 rings (SSSR count). The highest BCUT2D eigenvalue weighted by Gasteiger charge is 2.18. The van der Waals surface area contributed by atoms with Crippen molar-refractivity contribution in [1.82, 2.24) is 5.32 Å². The Morgan fingerprint density at radius 1 is 1.26 bits per heavy atom. The lowest BCUT2D eigenvalue weighted by molar-refractivity contribution is 0.336. The second kappa shape index (κ2) is 7.66. The van der Waals surface area contributed by atoms with Gasteiger partial charge >= 0.3 is 0 Å². The summed E-state index contributed by atoms with van der Waals surface area (Å²) in [5.74, 6) is 0.830. The molecule has 0 unspecified atom stereocenters. The SMILES string of the molecule is C[C@H](NCc1ccc(Br)cc1Cl)C1CCCCCC1. The number of hydrogen-bond donors (Lipinski definition) is 1. The van der Waals surface area contributed by atoms with E-state index in [1.165, 1.54) is 44.1 Å². The van der Waals surface area contributed by atoms with Crippen molar-refractivity contribution in [2.45, 2.75) is 58.0 Å². The van der Waals surface area contributed by atoms with E-state index in [-0.39, 0.29) is 0 Å². The van der Waals surface area contributed by atoms with Crippen molar-refractivity contribution in [2.75, 3.05) is 0 Å². The molecule has 0 saturated heterocycles. The van der Waals surface area contributed by atoms with E-state index in [9.17, 15) is 0 Å². The van der Waals surface area contributed by atoms with Crippen LogP contribution in [0.2, 0.25) is 5.02 Å². The van der Waals surface area contributed by atoms with E-state index in [1.54, 1.807) is 0 Å². The van der Waals surface area contributed by atoms with Gasteiger partial charge in [0.15, 0.2) is 0 Å². The molecule has 1 saturated carbocycles. The van der Waals surface area contributed by atoms with Gasteiger partial charge < -0.3 is 5.32 Å². The van der Waals surface area contributed by atoms with Crippen LogP contribution >= 0.6 is 27.5 Å². The first-order valence-electron chi connectivity index (χ1n) is 7.34. The third kappa shape index (κ3) is 4.77. The monoisotopic (exact) mass is 343 g/mol. The summed E-state index contributed by atoms with van der Waals surface area (Å²) in [5.41, 5.74) is 1.19. The molecule has 1 aliphatic carbocycles. The lowest BCUT2D eigenvalue weighted by atomic mass is 9.93. The number of hydrogen-bond acceptors (Lipinski definition) is 1. The maximum absolute atomic E-state index is 6.25. The second-order valence-electron chi connectivity index (χ2n) is 5.66. The van der Waals surface area contributed by atoms with Gasteiger partial charge in [-0.15, -0.1) is 0 Å². The first-order valence-corrected chi connectivity index (χ1v) is 8.51. The molecule has 0 heterocycles. The lowest BCUT2D eigenvalue weighted by Gasteiger charge is -2.24. The van der Waals surface area contributed by atoms with E-state index < -0.39 is 0 Å². The highest BCUT2D eigenvalue weighted by atomic mass is 79.9. The Morgan fingerprint density at radius 2 is 1.95 bits per heavy atom. The van der Waals surface area contributed by atoms with Gasteiger partial charge in [0.2, 0.25) is 0 Å². The van der Waals surface area contributed by atoms with Crippen LogP contribution in [0.5, 0.6) is 0 Å². The quantitative estimate of drug-likeness (QED) is 0.706. The fourth-order valence-corrected chi connectivity index (χ4v) is 3.65. The molecule has 3 heteroatoms. The third-order valence-electron chi connectivity index (χ3n) is 4.24. The maximum Gasteiger partial charge on any atom is 0.0462 e. The molecule has 1 N–H and O–H groups in total. The van der Waals surface area contributed by atoms with Gasteiger partial charge in [-0.25, -0.2) is 0 Å². The molecule has 0 aromatic heterocycles. The van der Waals surface area contributed by atoms with E-state index in [0.29, 0.717) is 6.04 Å². The third-order valence-corrected chi connectivity index (χ3v) is 5.08. The lowest BCUT2D eigenvalue weighted by Crippen LogP contribution is -2.33. The Balaban J connectivity index is 1.86. The van der Waals surface area contributed by atoms with Crippen molar-refractivity contribution in [3.8, 4) is 0 Å².